The lowest BCUT2D eigenvalue weighted by molar-refractivity contribution is -0.143. The van der Waals surface area contributed by atoms with Gasteiger partial charge >= 0.3 is 5.97 Å². The molecule has 0 bridgehead atoms. The highest BCUT2D eigenvalue weighted by Crippen LogP contribution is 2.27. The van der Waals surface area contributed by atoms with E-state index in [-0.39, 0.29) is 0 Å². The van der Waals surface area contributed by atoms with E-state index in [1.807, 2.05) is 6.07 Å². The molecule has 0 spiro atoms. The summed E-state index contributed by atoms with van der Waals surface area (Å²) in [6, 6.07) is 2.77. The number of carboxylic acids is 1. The summed E-state index contributed by atoms with van der Waals surface area (Å²) in [5.41, 5.74) is 1.19. The molecule has 2 aromatic rings. The Bertz CT molecular complexity index is 540. The van der Waals surface area contributed by atoms with Gasteiger partial charge in [-0.05, 0) is 33.0 Å². The maximum absolute atomic E-state index is 11.5. The van der Waals surface area contributed by atoms with Crippen LogP contribution in [0.2, 0.25) is 0 Å². The van der Waals surface area contributed by atoms with E-state index in [0.717, 1.165) is 0 Å². The van der Waals surface area contributed by atoms with Crippen LogP contribution in [0, 0.1) is 13.8 Å². The molecule has 1 atom stereocenters. The zero-order chi connectivity index (χ0) is 14.0. The van der Waals surface area contributed by atoms with Crippen molar-refractivity contribution in [3.8, 4) is 0 Å². The lowest BCUT2D eigenvalue weighted by Crippen LogP contribution is -2.31. The number of likely N-dealkylation sites (N-methyl/N-ethyl adjacent to an activating group) is 1. The van der Waals surface area contributed by atoms with E-state index in [0.29, 0.717) is 29.3 Å². The second-order valence-corrected chi connectivity index (χ2v) is 4.47. The molecule has 0 aromatic carbocycles. The highest BCUT2D eigenvalue weighted by Gasteiger charge is 2.31. The molecule has 2 heterocycles. The van der Waals surface area contributed by atoms with Gasteiger partial charge in [0.05, 0.1) is 18.5 Å². The van der Waals surface area contributed by atoms with E-state index in [2.05, 4.69) is 5.16 Å². The van der Waals surface area contributed by atoms with Gasteiger partial charge in [-0.3, -0.25) is 9.69 Å². The summed E-state index contributed by atoms with van der Waals surface area (Å²) in [6.45, 7) is 3.85. The first-order valence-electron chi connectivity index (χ1n) is 5.89. The minimum absolute atomic E-state index is 0.397. The summed E-state index contributed by atoms with van der Waals surface area (Å²) in [4.78, 5) is 13.2. The van der Waals surface area contributed by atoms with Crippen molar-refractivity contribution in [2.75, 3.05) is 7.05 Å². The first-order chi connectivity index (χ1) is 9.00. The monoisotopic (exact) mass is 264 g/mol. The summed E-state index contributed by atoms with van der Waals surface area (Å²) in [5, 5.41) is 13.3. The molecule has 0 saturated heterocycles. The van der Waals surface area contributed by atoms with E-state index in [1.165, 1.54) is 0 Å². The van der Waals surface area contributed by atoms with Gasteiger partial charge in [0, 0.05) is 5.56 Å². The van der Waals surface area contributed by atoms with E-state index in [4.69, 9.17) is 8.94 Å². The van der Waals surface area contributed by atoms with Crippen LogP contribution in [0.5, 0.6) is 0 Å². The van der Waals surface area contributed by atoms with Crippen LogP contribution in [-0.4, -0.2) is 28.2 Å². The van der Waals surface area contributed by atoms with Gasteiger partial charge in [0.15, 0.2) is 0 Å². The molecule has 1 N–H and O–H groups in total. The van der Waals surface area contributed by atoms with Gasteiger partial charge in [-0.15, -0.1) is 0 Å². The van der Waals surface area contributed by atoms with E-state index >= 15 is 0 Å². The molecule has 2 aromatic heterocycles. The Kier molecular flexibility index (Phi) is 3.71. The molecule has 19 heavy (non-hydrogen) atoms. The Balaban J connectivity index is 2.28. The number of carbonyl (C=O) groups is 1. The number of aromatic nitrogens is 1. The molecule has 6 heteroatoms. The number of aliphatic carboxylic acids is 1. The second kappa shape index (κ2) is 5.27. The van der Waals surface area contributed by atoms with E-state index < -0.39 is 12.0 Å². The number of hydrogen-bond acceptors (Lipinski definition) is 5. The van der Waals surface area contributed by atoms with Crippen LogP contribution < -0.4 is 0 Å². The molecular weight excluding hydrogens is 248 g/mol. The molecule has 0 saturated carbocycles. The van der Waals surface area contributed by atoms with Gasteiger partial charge in [-0.25, -0.2) is 0 Å². The first-order valence-corrected chi connectivity index (χ1v) is 5.89. The fourth-order valence-corrected chi connectivity index (χ4v) is 2.15. The van der Waals surface area contributed by atoms with Gasteiger partial charge in [0.25, 0.3) is 0 Å². The van der Waals surface area contributed by atoms with Crippen molar-refractivity contribution in [1.82, 2.24) is 10.1 Å². The van der Waals surface area contributed by atoms with Gasteiger partial charge in [-0.1, -0.05) is 5.16 Å². The van der Waals surface area contributed by atoms with Crippen LogP contribution in [0.3, 0.4) is 0 Å². The molecule has 0 aliphatic rings. The molecule has 0 fully saturated rings. The lowest BCUT2D eigenvalue weighted by Gasteiger charge is -2.23. The van der Waals surface area contributed by atoms with Crippen LogP contribution in [0.1, 0.15) is 28.8 Å². The lowest BCUT2D eigenvalue weighted by atomic mass is 10.0. The standard InChI is InChI=1S/C13H16N2O4/c1-8-11(9(2)19-14-8)12(13(16)17)15(3)7-10-5-4-6-18-10/h4-6,12H,7H2,1-3H3,(H,16,17)/t12-/m0/s1. The normalized spacial score (nSPS) is 12.8. The minimum atomic E-state index is -0.941. The third-order valence-electron chi connectivity index (χ3n) is 3.02. The van der Waals surface area contributed by atoms with Gasteiger partial charge < -0.3 is 14.0 Å². The van der Waals surface area contributed by atoms with Crippen molar-refractivity contribution >= 4 is 5.97 Å². The zero-order valence-electron chi connectivity index (χ0n) is 11.1. The molecule has 0 aliphatic carbocycles. The maximum Gasteiger partial charge on any atom is 0.325 e. The second-order valence-electron chi connectivity index (χ2n) is 4.47. The van der Waals surface area contributed by atoms with Crippen LogP contribution in [-0.2, 0) is 11.3 Å². The molecule has 102 valence electrons. The van der Waals surface area contributed by atoms with Gasteiger partial charge in [0.2, 0.25) is 0 Å². The Morgan fingerprint density at radius 2 is 2.26 bits per heavy atom. The van der Waals surface area contributed by atoms with Crippen LogP contribution in [0.15, 0.2) is 27.3 Å². The maximum atomic E-state index is 11.5. The molecule has 2 rings (SSSR count). The fourth-order valence-electron chi connectivity index (χ4n) is 2.15. The zero-order valence-corrected chi connectivity index (χ0v) is 11.1. The molecule has 0 aliphatic heterocycles. The molecular formula is C13H16N2O4. The van der Waals surface area contributed by atoms with Crippen molar-refractivity contribution in [1.29, 1.82) is 0 Å². The molecule has 6 nitrogen and oxygen atoms in total. The quantitative estimate of drug-likeness (QED) is 0.891. The van der Waals surface area contributed by atoms with Crippen LogP contribution in [0.4, 0.5) is 0 Å². The van der Waals surface area contributed by atoms with Gasteiger partial charge in [0.1, 0.15) is 17.6 Å². The highest BCUT2D eigenvalue weighted by atomic mass is 16.5. The van der Waals surface area contributed by atoms with Crippen LogP contribution in [0.25, 0.3) is 0 Å². The smallest absolute Gasteiger partial charge is 0.325 e. The number of carboxylic acid groups (broad SMARTS) is 1. The molecule has 0 amide bonds. The Morgan fingerprint density at radius 1 is 1.53 bits per heavy atom. The SMILES string of the molecule is Cc1noc(C)c1[C@@H](C(=O)O)N(C)Cc1ccco1. The third kappa shape index (κ3) is 2.68. The molecule has 0 unspecified atom stereocenters. The van der Waals surface area contributed by atoms with Crippen molar-refractivity contribution in [3.63, 3.8) is 0 Å². The third-order valence-corrected chi connectivity index (χ3v) is 3.02. The molecule has 0 radical (unpaired) electrons. The average molecular weight is 264 g/mol. The van der Waals surface area contributed by atoms with E-state index in [9.17, 15) is 9.90 Å². The van der Waals surface area contributed by atoms with E-state index in [1.54, 1.807) is 38.1 Å². The Labute approximate surface area is 110 Å². The average Bonchev–Trinajstić information content (AvgIpc) is 2.93. The van der Waals surface area contributed by atoms with Crippen molar-refractivity contribution in [2.45, 2.75) is 26.4 Å². The summed E-state index contributed by atoms with van der Waals surface area (Å²) >= 11 is 0. The summed E-state index contributed by atoms with van der Waals surface area (Å²) in [7, 11) is 1.73. The van der Waals surface area contributed by atoms with Crippen LogP contribution >= 0.6 is 0 Å². The Morgan fingerprint density at radius 3 is 2.74 bits per heavy atom. The van der Waals surface area contributed by atoms with Crippen molar-refractivity contribution < 1.29 is 18.8 Å². The first kappa shape index (κ1) is 13.4. The number of rotatable bonds is 5. The van der Waals surface area contributed by atoms with Gasteiger partial charge in [-0.2, -0.15) is 0 Å². The summed E-state index contributed by atoms with van der Waals surface area (Å²) in [6.07, 6.45) is 1.56. The predicted molar refractivity (Wildman–Crippen MR) is 66.5 cm³/mol. The topological polar surface area (TPSA) is 79.7 Å². The van der Waals surface area contributed by atoms with Crippen molar-refractivity contribution in [3.05, 3.63) is 41.2 Å². The minimum Gasteiger partial charge on any atom is -0.480 e. The highest BCUT2D eigenvalue weighted by molar-refractivity contribution is 5.76. The number of nitrogens with zero attached hydrogens (tertiary/aromatic N) is 2. The number of aryl methyl sites for hydroxylation is 2. The predicted octanol–water partition coefficient (Wildman–Crippen LogP) is 2.14. The summed E-state index contributed by atoms with van der Waals surface area (Å²) in [5.74, 6) is 0.292. The summed E-state index contributed by atoms with van der Waals surface area (Å²) < 4.78 is 10.3. The fraction of sp³-hybridized carbons (Fsp3) is 0.385. The number of hydrogen-bond donors (Lipinski definition) is 1. The van der Waals surface area contributed by atoms with Crippen molar-refractivity contribution in [2.24, 2.45) is 0 Å². The Hall–Kier alpha value is -2.08. The largest absolute Gasteiger partial charge is 0.480 e. The number of furan rings is 1.